The normalized spacial score (nSPS) is 25.9. The molecule has 1 heterocycles. The van der Waals surface area contributed by atoms with Crippen LogP contribution in [0.15, 0.2) is 29.2 Å². The molecule has 1 aliphatic heterocycles. The van der Waals surface area contributed by atoms with Gasteiger partial charge >= 0.3 is 0 Å². The van der Waals surface area contributed by atoms with Crippen LogP contribution in [0, 0.1) is 5.92 Å². The Morgan fingerprint density at radius 2 is 1.71 bits per heavy atom. The van der Waals surface area contributed by atoms with Crippen LogP contribution < -0.4 is 5.32 Å². The molecule has 0 bridgehead atoms. The molecule has 7 heteroatoms. The molecule has 1 N–H and O–H groups in total. The number of morpholine rings is 1. The first kappa shape index (κ1) is 17.4. The molecule has 0 spiro atoms. The summed E-state index contributed by atoms with van der Waals surface area (Å²) in [4.78, 5) is 12.2. The van der Waals surface area contributed by atoms with Gasteiger partial charge in [-0.05, 0) is 51.0 Å². The number of hydrogen-bond acceptors (Lipinski definition) is 4. The van der Waals surface area contributed by atoms with Crippen LogP contribution >= 0.6 is 0 Å². The fourth-order valence-electron chi connectivity index (χ4n) is 3.10. The highest BCUT2D eigenvalue weighted by molar-refractivity contribution is 7.89. The van der Waals surface area contributed by atoms with Gasteiger partial charge in [0, 0.05) is 24.7 Å². The Morgan fingerprint density at radius 3 is 2.21 bits per heavy atom. The van der Waals surface area contributed by atoms with Gasteiger partial charge in [-0.25, -0.2) is 8.42 Å². The fourth-order valence-corrected chi connectivity index (χ4v) is 4.69. The number of anilines is 1. The van der Waals surface area contributed by atoms with Gasteiger partial charge in [-0.15, -0.1) is 0 Å². The topological polar surface area (TPSA) is 75.7 Å². The van der Waals surface area contributed by atoms with Gasteiger partial charge in [0.1, 0.15) is 0 Å². The van der Waals surface area contributed by atoms with E-state index < -0.39 is 10.0 Å². The molecule has 0 aromatic heterocycles. The number of nitrogens with one attached hydrogen (secondary N) is 1. The van der Waals surface area contributed by atoms with E-state index in [1.54, 1.807) is 24.3 Å². The molecular formula is C17H24N2O4S. The zero-order chi connectivity index (χ0) is 17.3. The van der Waals surface area contributed by atoms with Gasteiger partial charge in [0.2, 0.25) is 15.9 Å². The predicted octanol–water partition coefficient (Wildman–Crippen LogP) is 2.22. The van der Waals surface area contributed by atoms with Gasteiger partial charge in [-0.1, -0.05) is 6.42 Å². The molecular weight excluding hydrogens is 328 g/mol. The lowest BCUT2D eigenvalue weighted by Crippen LogP contribution is -2.48. The average molecular weight is 352 g/mol. The SMILES string of the molecule is C[C@@H]1CN(S(=O)(=O)c2ccc(NC(=O)C3CCC3)cc2)C[C@H](C)O1. The van der Waals surface area contributed by atoms with Crippen molar-refractivity contribution < 1.29 is 17.9 Å². The van der Waals surface area contributed by atoms with E-state index in [1.165, 1.54) is 4.31 Å². The summed E-state index contributed by atoms with van der Waals surface area (Å²) in [5, 5.41) is 2.85. The molecule has 24 heavy (non-hydrogen) atoms. The Balaban J connectivity index is 1.70. The fraction of sp³-hybridized carbons (Fsp3) is 0.588. The minimum atomic E-state index is -3.54. The smallest absolute Gasteiger partial charge is 0.243 e. The zero-order valence-electron chi connectivity index (χ0n) is 14.1. The highest BCUT2D eigenvalue weighted by Gasteiger charge is 2.32. The van der Waals surface area contributed by atoms with E-state index in [0.717, 1.165) is 19.3 Å². The van der Waals surface area contributed by atoms with E-state index in [0.29, 0.717) is 18.8 Å². The average Bonchev–Trinajstić information content (AvgIpc) is 2.44. The standard InChI is InChI=1S/C17H24N2O4S/c1-12-10-19(11-13(2)23-12)24(21,22)16-8-6-15(7-9-16)18-17(20)14-4-3-5-14/h6-9,12-14H,3-5,10-11H2,1-2H3,(H,18,20)/t12-,13+. The van der Waals surface area contributed by atoms with Gasteiger partial charge in [-0.2, -0.15) is 4.31 Å². The second-order valence-electron chi connectivity index (χ2n) is 6.72. The van der Waals surface area contributed by atoms with Crippen molar-refractivity contribution in [2.75, 3.05) is 18.4 Å². The van der Waals surface area contributed by atoms with Crippen molar-refractivity contribution >= 4 is 21.6 Å². The largest absolute Gasteiger partial charge is 0.373 e. The first-order chi connectivity index (χ1) is 11.4. The van der Waals surface area contributed by atoms with Crippen molar-refractivity contribution in [3.05, 3.63) is 24.3 Å². The summed E-state index contributed by atoms with van der Waals surface area (Å²) in [7, 11) is -3.54. The van der Waals surface area contributed by atoms with Gasteiger partial charge in [-0.3, -0.25) is 4.79 Å². The quantitative estimate of drug-likeness (QED) is 0.901. The van der Waals surface area contributed by atoms with Gasteiger partial charge in [0.05, 0.1) is 17.1 Å². The number of carbonyl (C=O) groups excluding carboxylic acids is 1. The third kappa shape index (κ3) is 3.63. The Bertz CT molecular complexity index is 688. The minimum Gasteiger partial charge on any atom is -0.373 e. The van der Waals surface area contributed by atoms with Crippen LogP contribution in [-0.2, 0) is 19.6 Å². The number of rotatable bonds is 4. The van der Waals surface area contributed by atoms with Crippen molar-refractivity contribution in [3.63, 3.8) is 0 Å². The minimum absolute atomic E-state index is 0.0210. The Labute approximate surface area is 143 Å². The summed E-state index contributed by atoms with van der Waals surface area (Å²) in [6.07, 6.45) is 2.73. The second kappa shape index (κ2) is 6.82. The van der Waals surface area contributed by atoms with Crippen molar-refractivity contribution in [1.82, 2.24) is 4.31 Å². The maximum Gasteiger partial charge on any atom is 0.243 e. The van der Waals surface area contributed by atoms with E-state index >= 15 is 0 Å². The van der Waals surface area contributed by atoms with Gasteiger partial charge in [0.25, 0.3) is 0 Å². The molecule has 0 radical (unpaired) electrons. The number of ether oxygens (including phenoxy) is 1. The lowest BCUT2D eigenvalue weighted by molar-refractivity contribution is -0.122. The summed E-state index contributed by atoms with van der Waals surface area (Å²) in [6, 6.07) is 6.40. The first-order valence-corrected chi connectivity index (χ1v) is 9.87. The number of benzene rings is 1. The number of amides is 1. The second-order valence-corrected chi connectivity index (χ2v) is 8.66. The molecule has 132 valence electrons. The van der Waals surface area contributed by atoms with Crippen LogP contribution in [0.25, 0.3) is 0 Å². The summed E-state index contributed by atoms with van der Waals surface area (Å²) in [6.45, 7) is 4.45. The summed E-state index contributed by atoms with van der Waals surface area (Å²) in [5.74, 6) is 0.123. The van der Waals surface area contributed by atoms with E-state index in [1.807, 2.05) is 13.8 Å². The highest BCUT2D eigenvalue weighted by Crippen LogP contribution is 2.28. The van der Waals surface area contributed by atoms with Crippen LogP contribution in [0.3, 0.4) is 0 Å². The molecule has 1 amide bonds. The molecule has 1 aliphatic carbocycles. The third-order valence-corrected chi connectivity index (χ3v) is 6.47. The first-order valence-electron chi connectivity index (χ1n) is 8.43. The molecule has 2 fully saturated rings. The van der Waals surface area contributed by atoms with E-state index in [9.17, 15) is 13.2 Å². The highest BCUT2D eigenvalue weighted by atomic mass is 32.2. The van der Waals surface area contributed by atoms with E-state index in [2.05, 4.69) is 5.32 Å². The number of nitrogens with zero attached hydrogens (tertiary/aromatic N) is 1. The van der Waals surface area contributed by atoms with Gasteiger partial charge in [0.15, 0.2) is 0 Å². The monoisotopic (exact) mass is 352 g/mol. The molecule has 1 aromatic rings. The molecule has 3 rings (SSSR count). The Kier molecular flexibility index (Phi) is 4.94. The molecule has 1 aromatic carbocycles. The Morgan fingerprint density at radius 1 is 1.12 bits per heavy atom. The molecule has 1 saturated carbocycles. The summed E-state index contributed by atoms with van der Waals surface area (Å²) < 4.78 is 32.6. The van der Waals surface area contributed by atoms with Crippen LogP contribution in [0.2, 0.25) is 0 Å². The summed E-state index contributed by atoms with van der Waals surface area (Å²) in [5.41, 5.74) is 0.634. The molecule has 6 nitrogen and oxygen atoms in total. The van der Waals surface area contributed by atoms with E-state index in [-0.39, 0.29) is 28.9 Å². The maximum absolute atomic E-state index is 12.8. The van der Waals surface area contributed by atoms with Crippen molar-refractivity contribution in [1.29, 1.82) is 0 Å². The maximum atomic E-state index is 12.8. The number of carbonyl (C=O) groups is 1. The van der Waals surface area contributed by atoms with Crippen molar-refractivity contribution in [2.45, 2.75) is 50.2 Å². The van der Waals surface area contributed by atoms with Crippen molar-refractivity contribution in [2.24, 2.45) is 5.92 Å². The summed E-state index contributed by atoms with van der Waals surface area (Å²) >= 11 is 0. The van der Waals surface area contributed by atoms with Crippen molar-refractivity contribution in [3.8, 4) is 0 Å². The lowest BCUT2D eigenvalue weighted by Gasteiger charge is -2.34. The predicted molar refractivity (Wildman–Crippen MR) is 91.2 cm³/mol. The Hall–Kier alpha value is -1.44. The third-order valence-electron chi connectivity index (χ3n) is 4.62. The van der Waals surface area contributed by atoms with Crippen LogP contribution in [0.1, 0.15) is 33.1 Å². The number of sulfonamides is 1. The molecule has 2 atom stereocenters. The molecule has 2 aliphatic rings. The molecule has 0 unspecified atom stereocenters. The van der Waals surface area contributed by atoms with Crippen LogP contribution in [0.5, 0.6) is 0 Å². The number of hydrogen-bond donors (Lipinski definition) is 1. The van der Waals surface area contributed by atoms with E-state index in [4.69, 9.17) is 4.74 Å². The molecule has 1 saturated heterocycles. The van der Waals surface area contributed by atoms with Gasteiger partial charge < -0.3 is 10.1 Å². The lowest BCUT2D eigenvalue weighted by atomic mass is 9.85. The van der Waals surface area contributed by atoms with Crippen LogP contribution in [-0.4, -0.2) is 43.9 Å². The zero-order valence-corrected chi connectivity index (χ0v) is 14.9. The van der Waals surface area contributed by atoms with Crippen LogP contribution in [0.4, 0.5) is 5.69 Å².